The lowest BCUT2D eigenvalue weighted by Crippen LogP contribution is -2.43. The standard InChI is InChI=1S/C12H22N2O/c1-14(2)8-11(15)9-5-12(6-9)4-3-10(13)7-12/h9-10H,3-8,13H2,1-2H3. The molecule has 1 atom stereocenters. The molecule has 0 heterocycles. The minimum absolute atomic E-state index is 0.331. The fourth-order valence-corrected chi connectivity index (χ4v) is 3.28. The van der Waals surface area contributed by atoms with E-state index < -0.39 is 0 Å². The highest BCUT2D eigenvalue weighted by Gasteiger charge is 2.49. The number of Topliss-reactive ketones (excluding diaryl/α,β-unsaturated/α-hetero) is 1. The van der Waals surface area contributed by atoms with Crippen LogP contribution in [-0.2, 0) is 4.79 Å². The largest absolute Gasteiger partial charge is 0.328 e. The van der Waals surface area contributed by atoms with Crippen molar-refractivity contribution < 1.29 is 4.79 Å². The lowest BCUT2D eigenvalue weighted by molar-refractivity contribution is -0.130. The Hall–Kier alpha value is -0.410. The normalized spacial score (nSPS) is 39.7. The number of nitrogens with two attached hydrogens (primary N) is 1. The summed E-state index contributed by atoms with van der Waals surface area (Å²) in [6, 6.07) is 0.398. The molecule has 0 aromatic rings. The average molecular weight is 210 g/mol. The maximum atomic E-state index is 11.8. The van der Waals surface area contributed by atoms with Crippen LogP contribution in [0.25, 0.3) is 0 Å². The average Bonchev–Trinajstić information content (AvgIpc) is 2.43. The van der Waals surface area contributed by atoms with E-state index in [2.05, 4.69) is 0 Å². The summed E-state index contributed by atoms with van der Waals surface area (Å²) in [5.74, 6) is 0.754. The molecule has 1 unspecified atom stereocenters. The summed E-state index contributed by atoms with van der Waals surface area (Å²) in [6.07, 6.45) is 5.77. The van der Waals surface area contributed by atoms with E-state index in [-0.39, 0.29) is 0 Å². The molecular weight excluding hydrogens is 188 g/mol. The Morgan fingerprint density at radius 1 is 1.40 bits per heavy atom. The Balaban J connectivity index is 1.80. The van der Waals surface area contributed by atoms with Crippen molar-refractivity contribution in [2.75, 3.05) is 20.6 Å². The number of carbonyl (C=O) groups excluding carboxylic acids is 1. The van der Waals surface area contributed by atoms with Gasteiger partial charge in [-0.2, -0.15) is 0 Å². The molecule has 0 aromatic heterocycles. The van der Waals surface area contributed by atoms with Gasteiger partial charge in [-0.1, -0.05) is 0 Å². The van der Waals surface area contributed by atoms with Crippen LogP contribution in [0.3, 0.4) is 0 Å². The molecule has 0 saturated heterocycles. The third-order valence-electron chi connectivity index (χ3n) is 4.03. The molecule has 2 rings (SSSR count). The van der Waals surface area contributed by atoms with Crippen LogP contribution in [0.1, 0.15) is 32.1 Å². The van der Waals surface area contributed by atoms with Crippen LogP contribution in [0.5, 0.6) is 0 Å². The van der Waals surface area contributed by atoms with Gasteiger partial charge in [0.15, 0.2) is 0 Å². The Morgan fingerprint density at radius 2 is 2.07 bits per heavy atom. The highest BCUT2D eigenvalue weighted by Crippen LogP contribution is 2.55. The molecule has 0 aliphatic heterocycles. The molecule has 15 heavy (non-hydrogen) atoms. The molecule has 3 nitrogen and oxygen atoms in total. The van der Waals surface area contributed by atoms with Crippen molar-refractivity contribution >= 4 is 5.78 Å². The van der Waals surface area contributed by atoms with Gasteiger partial charge in [-0.15, -0.1) is 0 Å². The van der Waals surface area contributed by atoms with E-state index in [4.69, 9.17) is 5.73 Å². The molecule has 2 aliphatic rings. The summed E-state index contributed by atoms with van der Waals surface area (Å²) in [7, 11) is 3.91. The molecule has 2 fully saturated rings. The van der Waals surface area contributed by atoms with Gasteiger partial charge in [-0.05, 0) is 51.6 Å². The Kier molecular flexibility index (Phi) is 2.86. The van der Waals surface area contributed by atoms with Crippen LogP contribution in [0.2, 0.25) is 0 Å². The van der Waals surface area contributed by atoms with Crippen LogP contribution < -0.4 is 5.73 Å². The predicted octanol–water partition coefficient (Wildman–Crippen LogP) is 1.02. The van der Waals surface area contributed by atoms with Gasteiger partial charge in [0.1, 0.15) is 5.78 Å². The van der Waals surface area contributed by atoms with Crippen molar-refractivity contribution in [3.8, 4) is 0 Å². The minimum atomic E-state index is 0.331. The molecule has 0 bridgehead atoms. The summed E-state index contributed by atoms with van der Waals surface area (Å²) in [4.78, 5) is 13.8. The highest BCUT2D eigenvalue weighted by atomic mass is 16.1. The monoisotopic (exact) mass is 210 g/mol. The second kappa shape index (κ2) is 3.87. The number of hydrogen-bond donors (Lipinski definition) is 1. The molecule has 86 valence electrons. The SMILES string of the molecule is CN(C)CC(=O)C1CC2(CCC(N)C2)C1. The number of carbonyl (C=O) groups is 1. The van der Waals surface area contributed by atoms with E-state index in [1.807, 2.05) is 19.0 Å². The van der Waals surface area contributed by atoms with Crippen molar-refractivity contribution in [3.05, 3.63) is 0 Å². The zero-order valence-corrected chi connectivity index (χ0v) is 9.83. The smallest absolute Gasteiger partial charge is 0.149 e. The van der Waals surface area contributed by atoms with E-state index in [9.17, 15) is 4.79 Å². The van der Waals surface area contributed by atoms with Crippen molar-refractivity contribution in [1.82, 2.24) is 4.90 Å². The molecule has 3 heteroatoms. The first kappa shape index (κ1) is 11.1. The lowest BCUT2D eigenvalue weighted by Gasteiger charge is -2.45. The van der Waals surface area contributed by atoms with Gasteiger partial charge in [-0.25, -0.2) is 0 Å². The fourth-order valence-electron chi connectivity index (χ4n) is 3.28. The Bertz CT molecular complexity index is 256. The fraction of sp³-hybridized carbons (Fsp3) is 0.917. The molecule has 2 N–H and O–H groups in total. The van der Waals surface area contributed by atoms with E-state index in [0.717, 1.165) is 25.7 Å². The third-order valence-corrected chi connectivity index (χ3v) is 4.03. The quantitative estimate of drug-likeness (QED) is 0.756. The van der Waals surface area contributed by atoms with Gasteiger partial charge in [0.05, 0.1) is 6.54 Å². The van der Waals surface area contributed by atoms with Crippen LogP contribution in [0, 0.1) is 11.3 Å². The number of ketones is 1. The molecule has 1 spiro atoms. The molecule has 0 amide bonds. The van der Waals surface area contributed by atoms with Gasteiger partial charge >= 0.3 is 0 Å². The van der Waals surface area contributed by atoms with Crippen LogP contribution in [-0.4, -0.2) is 37.4 Å². The van der Waals surface area contributed by atoms with Crippen LogP contribution >= 0.6 is 0 Å². The summed E-state index contributed by atoms with van der Waals surface area (Å²) < 4.78 is 0. The highest BCUT2D eigenvalue weighted by molar-refractivity contribution is 5.84. The number of nitrogens with zero attached hydrogens (tertiary/aromatic N) is 1. The summed E-state index contributed by atoms with van der Waals surface area (Å²) in [6.45, 7) is 0.604. The zero-order chi connectivity index (χ0) is 11.1. The molecular formula is C12H22N2O. The topological polar surface area (TPSA) is 46.3 Å². The van der Waals surface area contributed by atoms with Crippen molar-refractivity contribution in [2.24, 2.45) is 17.1 Å². The summed E-state index contributed by atoms with van der Waals surface area (Å²) in [5.41, 5.74) is 6.39. The third kappa shape index (κ3) is 2.23. The molecule has 2 saturated carbocycles. The number of hydrogen-bond acceptors (Lipinski definition) is 3. The van der Waals surface area contributed by atoms with E-state index >= 15 is 0 Å². The van der Waals surface area contributed by atoms with E-state index in [1.165, 1.54) is 6.42 Å². The number of rotatable bonds is 3. The second-order valence-corrected chi connectivity index (χ2v) is 5.81. The molecule has 0 aromatic carbocycles. The van der Waals surface area contributed by atoms with Crippen LogP contribution in [0.15, 0.2) is 0 Å². The Morgan fingerprint density at radius 3 is 2.53 bits per heavy atom. The van der Waals surface area contributed by atoms with Gasteiger partial charge in [0, 0.05) is 12.0 Å². The first-order chi connectivity index (χ1) is 7.01. The van der Waals surface area contributed by atoms with Gasteiger partial charge in [0.2, 0.25) is 0 Å². The van der Waals surface area contributed by atoms with Crippen molar-refractivity contribution in [2.45, 2.75) is 38.1 Å². The van der Waals surface area contributed by atoms with Crippen molar-refractivity contribution in [1.29, 1.82) is 0 Å². The van der Waals surface area contributed by atoms with Crippen molar-refractivity contribution in [3.63, 3.8) is 0 Å². The first-order valence-corrected chi connectivity index (χ1v) is 5.94. The van der Waals surface area contributed by atoms with Crippen LogP contribution in [0.4, 0.5) is 0 Å². The molecule has 0 radical (unpaired) electrons. The van der Waals surface area contributed by atoms with E-state index in [1.54, 1.807) is 0 Å². The number of likely N-dealkylation sites (N-methyl/N-ethyl adjacent to an activating group) is 1. The maximum Gasteiger partial charge on any atom is 0.149 e. The Labute approximate surface area is 92.0 Å². The summed E-state index contributed by atoms with van der Waals surface area (Å²) >= 11 is 0. The second-order valence-electron chi connectivity index (χ2n) is 5.81. The van der Waals surface area contributed by atoms with Gasteiger partial charge in [-0.3, -0.25) is 4.79 Å². The summed E-state index contributed by atoms with van der Waals surface area (Å²) in [5, 5.41) is 0. The predicted molar refractivity (Wildman–Crippen MR) is 60.5 cm³/mol. The maximum absolute atomic E-state index is 11.8. The lowest BCUT2D eigenvalue weighted by atomic mass is 9.59. The van der Waals surface area contributed by atoms with Gasteiger partial charge < -0.3 is 10.6 Å². The molecule has 2 aliphatic carbocycles. The first-order valence-electron chi connectivity index (χ1n) is 5.94. The minimum Gasteiger partial charge on any atom is -0.328 e. The zero-order valence-electron chi connectivity index (χ0n) is 9.83. The van der Waals surface area contributed by atoms with E-state index in [0.29, 0.717) is 29.7 Å². The van der Waals surface area contributed by atoms with Gasteiger partial charge in [0.25, 0.3) is 0 Å².